The largest absolute Gasteiger partial charge is 0.341 e. The van der Waals surface area contributed by atoms with Crippen molar-refractivity contribution in [2.45, 2.75) is 154 Å². The van der Waals surface area contributed by atoms with E-state index in [9.17, 15) is 0 Å². The van der Waals surface area contributed by atoms with Crippen LogP contribution in [0.4, 0.5) is 34.1 Å². The van der Waals surface area contributed by atoms with E-state index in [1.54, 1.807) is 0 Å². The lowest BCUT2D eigenvalue weighted by Crippen LogP contribution is -2.22. The van der Waals surface area contributed by atoms with Gasteiger partial charge in [-0.25, -0.2) is 0 Å². The van der Waals surface area contributed by atoms with Crippen molar-refractivity contribution in [3.63, 3.8) is 0 Å². The molecule has 10 aromatic rings. The molecule has 4 nitrogen and oxygen atoms in total. The Labute approximate surface area is 628 Å². The van der Waals surface area contributed by atoms with Crippen LogP contribution in [-0.4, -0.2) is 46.8 Å². The molecular formula is C101H110N4+2. The quantitative estimate of drug-likeness (QED) is 0.0705. The normalized spacial score (nSPS) is 17.3. The van der Waals surface area contributed by atoms with E-state index in [4.69, 9.17) is 0 Å². The minimum absolute atomic E-state index is 0.707. The summed E-state index contributed by atoms with van der Waals surface area (Å²) in [4.78, 5) is 4.94. The van der Waals surface area contributed by atoms with Crippen LogP contribution in [0.3, 0.4) is 0 Å². The van der Waals surface area contributed by atoms with Gasteiger partial charge in [0.2, 0.25) is 22.8 Å². The van der Waals surface area contributed by atoms with Crippen LogP contribution in [0.1, 0.15) is 163 Å². The monoisotopic (exact) mass is 1380 g/mol. The van der Waals surface area contributed by atoms with Crippen molar-refractivity contribution in [1.82, 2.24) is 0 Å². The number of aryl methyl sites for hydroxylation is 8. The molecule has 0 aliphatic heterocycles. The van der Waals surface area contributed by atoms with Gasteiger partial charge in [-0.2, -0.15) is 9.15 Å². The summed E-state index contributed by atoms with van der Waals surface area (Å²) in [6.07, 6.45) is 33.3. The summed E-state index contributed by atoms with van der Waals surface area (Å²) >= 11 is 0. The minimum Gasteiger partial charge on any atom is -0.341 e. The molecule has 0 atom stereocenters. The van der Waals surface area contributed by atoms with Gasteiger partial charge in [0, 0.05) is 82.4 Å². The predicted octanol–water partition coefficient (Wildman–Crippen LogP) is 26.0. The number of hydrogen-bond acceptors (Lipinski definition) is 2. The Morgan fingerprint density at radius 3 is 0.933 bits per heavy atom. The summed E-state index contributed by atoms with van der Waals surface area (Å²) in [5.41, 5.74) is 33.6. The third kappa shape index (κ3) is 15.1. The van der Waals surface area contributed by atoms with E-state index in [0.717, 1.165) is 50.9 Å². The van der Waals surface area contributed by atoms with Crippen molar-refractivity contribution in [2.24, 2.45) is 23.7 Å². The van der Waals surface area contributed by atoms with Gasteiger partial charge in [0.25, 0.3) is 0 Å². The lowest BCUT2D eigenvalue weighted by molar-refractivity contribution is -0.435. The van der Waals surface area contributed by atoms with E-state index in [-0.39, 0.29) is 0 Å². The average Bonchev–Trinajstić information content (AvgIpc) is 0.764. The molecule has 0 aromatic heterocycles. The fraction of sp³-hybridized carbons (Fsp3) is 0.307. The van der Waals surface area contributed by atoms with E-state index in [1.165, 1.54) is 225 Å². The highest BCUT2D eigenvalue weighted by Gasteiger charge is 2.30. The van der Waals surface area contributed by atoms with Crippen molar-refractivity contribution in [3.8, 4) is 0 Å². The molecule has 0 heterocycles. The highest BCUT2D eigenvalue weighted by Crippen LogP contribution is 2.45. The lowest BCUT2D eigenvalue weighted by atomic mass is 9.71. The van der Waals surface area contributed by atoms with E-state index < -0.39 is 0 Å². The number of anilines is 4. The molecule has 2 saturated carbocycles. The lowest BCUT2D eigenvalue weighted by Gasteiger charge is -2.34. The molecule has 14 rings (SSSR count). The summed E-state index contributed by atoms with van der Waals surface area (Å²) in [6.45, 7) is 30.5. The molecule has 0 bridgehead atoms. The molecule has 10 aromatic carbocycles. The fourth-order valence-electron chi connectivity index (χ4n) is 18.9. The van der Waals surface area contributed by atoms with E-state index >= 15 is 0 Å². The molecule has 0 N–H and O–H groups in total. The maximum absolute atomic E-state index is 2.50. The Kier molecular flexibility index (Phi) is 22.1. The first-order chi connectivity index (χ1) is 51.2. The highest BCUT2D eigenvalue weighted by atomic mass is 15.1. The van der Waals surface area contributed by atoms with Crippen LogP contribution in [0, 0.1) is 79.1 Å². The van der Waals surface area contributed by atoms with Crippen LogP contribution < -0.4 is 9.80 Å². The molecule has 4 aliphatic rings. The van der Waals surface area contributed by atoms with Crippen LogP contribution in [0.5, 0.6) is 0 Å². The van der Waals surface area contributed by atoms with Crippen LogP contribution in [-0.2, 0) is 12.8 Å². The second-order valence-electron chi connectivity index (χ2n) is 30.9. The third-order valence-electron chi connectivity index (χ3n) is 24.2. The number of benzene rings is 10. The molecule has 2 fully saturated rings. The van der Waals surface area contributed by atoms with Gasteiger partial charge in [-0.15, -0.1) is 0 Å². The number of fused-ring (bicyclic) bond motifs is 2. The van der Waals surface area contributed by atoms with Gasteiger partial charge in [-0.1, -0.05) is 196 Å². The number of allylic oxidation sites excluding steroid dienone is 10. The zero-order chi connectivity index (χ0) is 72.8. The van der Waals surface area contributed by atoms with Crippen LogP contribution in [0.15, 0.2) is 254 Å². The second-order valence-corrected chi connectivity index (χ2v) is 30.9. The third-order valence-corrected chi connectivity index (χ3v) is 24.2. The van der Waals surface area contributed by atoms with Gasteiger partial charge in [0.05, 0.1) is 0 Å². The van der Waals surface area contributed by atoms with Crippen molar-refractivity contribution in [1.29, 1.82) is 0 Å². The maximum atomic E-state index is 2.50. The van der Waals surface area contributed by atoms with Gasteiger partial charge in [0.15, 0.2) is 0 Å². The Morgan fingerprint density at radius 1 is 0.314 bits per heavy atom. The van der Waals surface area contributed by atoms with Gasteiger partial charge in [0.1, 0.15) is 13.1 Å². The number of hydrogen-bond donors (Lipinski definition) is 0. The van der Waals surface area contributed by atoms with Crippen molar-refractivity contribution < 1.29 is 9.15 Å². The zero-order valence-corrected chi connectivity index (χ0v) is 64.8. The highest BCUT2D eigenvalue weighted by molar-refractivity contribution is 6.08. The standard InChI is InChI=1S/C101H110N4/c1-13-102(98-68(5)25-21-26-69(98)6)86-55-45-80(46-56-86)96(81-47-57-87(58-48-81)103(14-2)99-70(7)27-22-28-71(99)8)94-63-53-84(90-33-17-19-35-92(90)94)66-78-41-37-76(38-42-78)65-77-39-43-79(44-40-77)67-85-54-64-95(93-36-20-18-34-91(85)93)97(82-49-59-88(60-50-82)104(15-3)100-72(9)29-23-30-73(100)10)83-51-61-89(62-52-83)105(16-4)101-74(11)31-24-32-75(101)12/h17-36,45-64,76-79H,13-16,37-44,65-67H2,1-12H3/q+2. The molecule has 0 spiro atoms. The average molecular weight is 1380 g/mol. The van der Waals surface area contributed by atoms with E-state index in [0.29, 0.717) is 11.8 Å². The fourth-order valence-corrected chi connectivity index (χ4v) is 18.9. The van der Waals surface area contributed by atoms with Crippen molar-refractivity contribution in [3.05, 3.63) is 332 Å². The summed E-state index contributed by atoms with van der Waals surface area (Å²) in [7, 11) is 0. The molecule has 0 amide bonds. The van der Waals surface area contributed by atoms with Gasteiger partial charge < -0.3 is 9.80 Å². The first-order valence-electron chi connectivity index (χ1n) is 39.7. The van der Waals surface area contributed by atoms with Gasteiger partial charge in [-0.05, 0) is 300 Å². The van der Waals surface area contributed by atoms with E-state index in [1.807, 2.05) is 0 Å². The molecule has 0 unspecified atom stereocenters. The van der Waals surface area contributed by atoms with Gasteiger partial charge in [-0.3, -0.25) is 0 Å². The smallest absolute Gasteiger partial charge is 0.211 e. The maximum Gasteiger partial charge on any atom is 0.211 e. The predicted molar refractivity (Wildman–Crippen MR) is 452 cm³/mol. The Morgan fingerprint density at radius 2 is 0.619 bits per heavy atom. The number of nitrogens with zero attached hydrogens (tertiary/aromatic N) is 4. The Bertz CT molecular complexity index is 4690. The van der Waals surface area contributed by atoms with Crippen molar-refractivity contribution in [2.75, 3.05) is 36.0 Å². The van der Waals surface area contributed by atoms with Crippen LogP contribution in [0.25, 0.3) is 32.7 Å². The summed E-state index contributed by atoms with van der Waals surface area (Å²) < 4.78 is 4.94. The molecular weight excluding hydrogens is 1270 g/mol. The summed E-state index contributed by atoms with van der Waals surface area (Å²) in [5, 5.41) is 5.48. The van der Waals surface area contributed by atoms with Crippen molar-refractivity contribution >= 4 is 78.2 Å². The van der Waals surface area contributed by atoms with Gasteiger partial charge >= 0.3 is 0 Å². The number of rotatable bonds is 20. The topological polar surface area (TPSA) is 12.5 Å². The number of para-hydroxylation sites is 4. The second kappa shape index (κ2) is 32.2. The SMILES string of the molecule is CCN(c1ccc(C(=C2C=CC(=[N+](CC)c3c(C)cccc3C)C=C2)c2ccc(CC3CCC(CC4CCC(Cc5ccc(C(=C6C=CC(=[N+](CC)c7c(C)cccc7C)C=C6)c6ccc(N(CC)c7c(C)cccc7C)cc6)c6ccccc56)CC4)CC3)c3ccccc23)cc1)c1c(C)cccc1C. The molecule has 105 heavy (non-hydrogen) atoms. The molecule has 0 saturated heterocycles. The van der Waals surface area contributed by atoms with E-state index in [2.05, 4.69) is 345 Å². The molecule has 4 heteroatoms. The first kappa shape index (κ1) is 72.1. The summed E-state index contributed by atoms with van der Waals surface area (Å²) in [5.74, 6) is 3.09. The molecule has 532 valence electrons. The van der Waals surface area contributed by atoms with Crippen LogP contribution >= 0.6 is 0 Å². The minimum atomic E-state index is 0.707. The molecule has 0 radical (unpaired) electrons. The van der Waals surface area contributed by atoms with Crippen LogP contribution in [0.2, 0.25) is 0 Å². The Balaban J connectivity index is 0.668. The first-order valence-corrected chi connectivity index (χ1v) is 39.7. The molecule has 4 aliphatic carbocycles. The Hall–Kier alpha value is -9.90. The zero-order valence-electron chi connectivity index (χ0n) is 64.8. The summed E-state index contributed by atoms with van der Waals surface area (Å²) in [6, 6.07) is 74.0.